The summed E-state index contributed by atoms with van der Waals surface area (Å²) in [4.78, 5) is 37.0. The molecule has 0 saturated carbocycles. The first-order valence-corrected chi connectivity index (χ1v) is 6.40. The molecule has 0 fully saturated rings. The number of esters is 1. The molecule has 2 rings (SSSR count). The molecule has 6 heteroatoms. The van der Waals surface area contributed by atoms with Crippen LogP contribution in [0.1, 0.15) is 12.5 Å². The molecule has 1 unspecified atom stereocenters. The van der Waals surface area contributed by atoms with Crippen molar-refractivity contribution in [2.75, 3.05) is 18.6 Å². The summed E-state index contributed by atoms with van der Waals surface area (Å²) in [6.45, 7) is 1.74. The molecule has 0 saturated heterocycles. The topological polar surface area (TPSA) is 75.7 Å². The van der Waals surface area contributed by atoms with E-state index in [4.69, 9.17) is 4.74 Å². The van der Waals surface area contributed by atoms with Crippen molar-refractivity contribution in [1.82, 2.24) is 5.32 Å². The predicted molar refractivity (Wildman–Crippen MR) is 72.1 cm³/mol. The van der Waals surface area contributed by atoms with Gasteiger partial charge in [-0.3, -0.25) is 14.5 Å². The van der Waals surface area contributed by atoms with Gasteiger partial charge in [0.05, 0.1) is 6.61 Å². The van der Waals surface area contributed by atoms with Crippen molar-refractivity contribution in [3.05, 3.63) is 29.8 Å². The highest BCUT2D eigenvalue weighted by molar-refractivity contribution is 6.39. The smallest absolute Gasteiger partial charge is 0.397 e. The summed E-state index contributed by atoms with van der Waals surface area (Å²) in [5, 5.41) is 2.51. The molecule has 1 atom stereocenters. The number of anilines is 1. The van der Waals surface area contributed by atoms with E-state index in [1.807, 2.05) is 12.1 Å². The van der Waals surface area contributed by atoms with E-state index in [1.165, 1.54) is 11.9 Å². The molecule has 106 valence electrons. The summed E-state index contributed by atoms with van der Waals surface area (Å²) < 4.78 is 4.73. The van der Waals surface area contributed by atoms with E-state index >= 15 is 0 Å². The van der Waals surface area contributed by atoms with Gasteiger partial charge in [-0.05, 0) is 18.6 Å². The van der Waals surface area contributed by atoms with Crippen molar-refractivity contribution < 1.29 is 19.1 Å². The van der Waals surface area contributed by atoms with Crippen LogP contribution < -0.4 is 10.2 Å². The minimum absolute atomic E-state index is 0.116. The number of para-hydroxylation sites is 1. The van der Waals surface area contributed by atoms with E-state index in [0.717, 1.165) is 5.56 Å². The first kappa shape index (κ1) is 14.0. The Labute approximate surface area is 116 Å². The van der Waals surface area contributed by atoms with Gasteiger partial charge in [0.15, 0.2) is 0 Å². The van der Waals surface area contributed by atoms with Crippen LogP contribution in [0.15, 0.2) is 24.3 Å². The summed E-state index contributed by atoms with van der Waals surface area (Å²) in [5.41, 5.74) is 1.44. The molecule has 0 radical (unpaired) electrons. The van der Waals surface area contributed by atoms with Crippen LogP contribution in [0.2, 0.25) is 0 Å². The van der Waals surface area contributed by atoms with Gasteiger partial charge in [0.1, 0.15) is 6.04 Å². The minimum atomic E-state index is -0.946. The molecule has 20 heavy (non-hydrogen) atoms. The molecule has 6 nitrogen and oxygen atoms in total. The Hall–Kier alpha value is -2.37. The van der Waals surface area contributed by atoms with Gasteiger partial charge in [-0.15, -0.1) is 0 Å². The zero-order valence-electron chi connectivity index (χ0n) is 11.4. The van der Waals surface area contributed by atoms with Crippen LogP contribution in [0, 0.1) is 0 Å². The zero-order valence-corrected chi connectivity index (χ0v) is 11.4. The average molecular weight is 276 g/mol. The van der Waals surface area contributed by atoms with Gasteiger partial charge < -0.3 is 10.1 Å². The van der Waals surface area contributed by atoms with Crippen molar-refractivity contribution in [2.45, 2.75) is 19.4 Å². The summed E-state index contributed by atoms with van der Waals surface area (Å²) >= 11 is 0. The second-order valence-corrected chi connectivity index (χ2v) is 4.36. The maximum Gasteiger partial charge on any atom is 0.397 e. The molecule has 1 aromatic carbocycles. The summed E-state index contributed by atoms with van der Waals surface area (Å²) in [6.07, 6.45) is 0.390. The molecular formula is C14H16N2O4. The molecule has 2 amide bonds. The number of hydrogen-bond donors (Lipinski definition) is 1. The normalized spacial score (nSPS) is 16.5. The monoisotopic (exact) mass is 276 g/mol. The number of carbonyl (C=O) groups is 3. The van der Waals surface area contributed by atoms with E-state index < -0.39 is 17.9 Å². The highest BCUT2D eigenvalue weighted by Gasteiger charge is 2.40. The molecule has 1 aliphatic rings. The Bertz CT molecular complexity index is 556. The molecule has 1 heterocycles. The Kier molecular flexibility index (Phi) is 4.02. The third-order valence-corrected chi connectivity index (χ3v) is 3.19. The number of carbonyl (C=O) groups excluding carboxylic acids is 3. The van der Waals surface area contributed by atoms with Gasteiger partial charge in [0.25, 0.3) is 0 Å². The lowest BCUT2D eigenvalue weighted by Crippen LogP contribution is -2.49. The van der Waals surface area contributed by atoms with Crippen LogP contribution in [0.3, 0.4) is 0 Å². The van der Waals surface area contributed by atoms with Gasteiger partial charge in [-0.2, -0.15) is 0 Å². The molecule has 0 spiro atoms. The van der Waals surface area contributed by atoms with Crippen molar-refractivity contribution in [1.29, 1.82) is 0 Å². The minimum Gasteiger partial charge on any atom is -0.459 e. The van der Waals surface area contributed by atoms with E-state index in [2.05, 4.69) is 5.32 Å². The third-order valence-electron chi connectivity index (χ3n) is 3.19. The van der Waals surface area contributed by atoms with Crippen LogP contribution in [0.4, 0.5) is 5.69 Å². The molecule has 0 aliphatic carbocycles. The number of likely N-dealkylation sites (N-methyl/N-ethyl adjacent to an activating group) is 1. The van der Waals surface area contributed by atoms with E-state index in [0.29, 0.717) is 12.1 Å². The fourth-order valence-electron chi connectivity index (χ4n) is 2.30. The lowest BCUT2D eigenvalue weighted by molar-refractivity contribution is -0.153. The van der Waals surface area contributed by atoms with Crippen molar-refractivity contribution in [3.63, 3.8) is 0 Å². The molecule has 1 aliphatic heterocycles. The van der Waals surface area contributed by atoms with Crippen LogP contribution in [0.25, 0.3) is 0 Å². The summed E-state index contributed by atoms with van der Waals surface area (Å²) in [5.74, 6) is -2.07. The number of nitrogens with one attached hydrogen (secondary N) is 1. The Morgan fingerprint density at radius 3 is 2.70 bits per heavy atom. The summed E-state index contributed by atoms with van der Waals surface area (Å²) in [7, 11) is 1.50. The van der Waals surface area contributed by atoms with Crippen molar-refractivity contribution in [3.8, 4) is 0 Å². The third kappa shape index (κ3) is 2.36. The number of rotatable bonds is 2. The lowest BCUT2D eigenvalue weighted by Gasteiger charge is -2.23. The standard InChI is InChI=1S/C14H16N2O4/c1-3-20-14(19)13(18)16-10-7-5-4-6-9(10)8-11(16)12(17)15-2/h4-7,11H,3,8H2,1-2H3,(H,15,17). The first-order valence-electron chi connectivity index (χ1n) is 6.40. The zero-order chi connectivity index (χ0) is 14.7. The van der Waals surface area contributed by atoms with E-state index in [1.54, 1.807) is 19.1 Å². The fourth-order valence-corrected chi connectivity index (χ4v) is 2.30. The molecular weight excluding hydrogens is 260 g/mol. The van der Waals surface area contributed by atoms with Gasteiger partial charge in [-0.25, -0.2) is 4.79 Å². The van der Waals surface area contributed by atoms with Gasteiger partial charge in [0, 0.05) is 19.2 Å². The van der Waals surface area contributed by atoms with Crippen LogP contribution in [0.5, 0.6) is 0 Å². The number of fused-ring (bicyclic) bond motifs is 1. The first-order chi connectivity index (χ1) is 9.60. The number of benzene rings is 1. The average Bonchev–Trinajstić information content (AvgIpc) is 2.85. The van der Waals surface area contributed by atoms with Crippen LogP contribution >= 0.6 is 0 Å². The quantitative estimate of drug-likeness (QED) is 0.621. The van der Waals surface area contributed by atoms with Gasteiger partial charge >= 0.3 is 11.9 Å². The highest BCUT2D eigenvalue weighted by Crippen LogP contribution is 2.32. The van der Waals surface area contributed by atoms with E-state index in [9.17, 15) is 14.4 Å². The van der Waals surface area contributed by atoms with Crippen molar-refractivity contribution in [2.24, 2.45) is 0 Å². The SMILES string of the molecule is CCOC(=O)C(=O)N1c2ccccc2CC1C(=O)NC. The lowest BCUT2D eigenvalue weighted by atomic mass is 10.1. The fraction of sp³-hybridized carbons (Fsp3) is 0.357. The Balaban J connectivity index is 2.36. The van der Waals surface area contributed by atoms with Gasteiger partial charge in [-0.1, -0.05) is 18.2 Å². The second kappa shape index (κ2) is 5.73. The molecule has 1 aromatic rings. The Morgan fingerprint density at radius 2 is 2.05 bits per heavy atom. The predicted octanol–water partition coefficient (Wildman–Crippen LogP) is 0.253. The maximum absolute atomic E-state index is 12.2. The Morgan fingerprint density at radius 1 is 1.35 bits per heavy atom. The molecule has 1 N–H and O–H groups in total. The number of nitrogens with zero attached hydrogens (tertiary/aromatic N) is 1. The van der Waals surface area contributed by atoms with Crippen molar-refractivity contribution >= 4 is 23.5 Å². The maximum atomic E-state index is 12.2. The largest absolute Gasteiger partial charge is 0.459 e. The number of ether oxygens (including phenoxy) is 1. The number of amides is 2. The second-order valence-electron chi connectivity index (χ2n) is 4.36. The van der Waals surface area contributed by atoms with Crippen LogP contribution in [-0.2, 0) is 25.5 Å². The van der Waals surface area contributed by atoms with E-state index in [-0.39, 0.29) is 12.5 Å². The highest BCUT2D eigenvalue weighted by atomic mass is 16.5. The summed E-state index contributed by atoms with van der Waals surface area (Å²) in [6, 6.07) is 6.43. The van der Waals surface area contributed by atoms with Gasteiger partial charge in [0.2, 0.25) is 5.91 Å². The number of hydrogen-bond acceptors (Lipinski definition) is 4. The molecule has 0 bridgehead atoms. The van der Waals surface area contributed by atoms with Crippen LogP contribution in [-0.4, -0.2) is 37.5 Å². The molecule has 0 aromatic heterocycles.